The molecule has 0 N–H and O–H groups in total. The molecule has 31 heavy (non-hydrogen) atoms. The molecule has 1 saturated carbocycles. The average Bonchev–Trinajstić information content (AvgIpc) is 3.25. The van der Waals surface area contributed by atoms with Crippen molar-refractivity contribution < 1.29 is 17.6 Å². The predicted octanol–water partition coefficient (Wildman–Crippen LogP) is 4.01. The Morgan fingerprint density at radius 2 is 1.84 bits per heavy atom. The van der Waals surface area contributed by atoms with E-state index in [-0.39, 0.29) is 11.3 Å². The Hall–Kier alpha value is -2.71. The van der Waals surface area contributed by atoms with E-state index in [2.05, 4.69) is 10.2 Å². The molecule has 8 heteroatoms. The standard InChI is InChI=1S/C23H25N3O4S/c1-16-14-18(8-9-20(16)29-2)31(27,28)26-12-10-23(11-13-26)15-19(23)22-25-24-21(30-22)17-6-4-3-5-7-17/h3-9,14,19H,10-13,15H2,1-2H3/t19-/m0/s1. The summed E-state index contributed by atoms with van der Waals surface area (Å²) in [5, 5.41) is 8.49. The topological polar surface area (TPSA) is 85.5 Å². The Bertz CT molecular complexity index is 1200. The number of benzene rings is 2. The van der Waals surface area contributed by atoms with E-state index >= 15 is 0 Å². The van der Waals surface area contributed by atoms with Gasteiger partial charge in [0.2, 0.25) is 21.8 Å². The van der Waals surface area contributed by atoms with Crippen LogP contribution in [-0.2, 0) is 10.0 Å². The maximum absolute atomic E-state index is 13.1. The van der Waals surface area contributed by atoms with E-state index in [0.717, 1.165) is 30.4 Å². The molecule has 0 radical (unpaired) electrons. The lowest BCUT2D eigenvalue weighted by atomic mass is 9.92. The summed E-state index contributed by atoms with van der Waals surface area (Å²) >= 11 is 0. The second-order valence-corrected chi connectivity index (χ2v) is 10.4. The van der Waals surface area contributed by atoms with Crippen molar-refractivity contribution in [3.63, 3.8) is 0 Å². The van der Waals surface area contributed by atoms with Crippen LogP contribution in [0.4, 0.5) is 0 Å². The molecule has 2 aliphatic rings. The Morgan fingerprint density at radius 1 is 1.10 bits per heavy atom. The Labute approximate surface area is 182 Å². The third-order valence-corrected chi connectivity index (χ3v) is 8.57. The summed E-state index contributed by atoms with van der Waals surface area (Å²) in [7, 11) is -1.94. The number of aromatic nitrogens is 2. The number of piperidine rings is 1. The van der Waals surface area contributed by atoms with Gasteiger partial charge in [0.05, 0.1) is 12.0 Å². The third-order valence-electron chi connectivity index (χ3n) is 6.67. The fourth-order valence-corrected chi connectivity index (χ4v) is 6.18. The molecule has 162 valence electrons. The van der Waals surface area contributed by atoms with E-state index in [1.54, 1.807) is 29.6 Å². The summed E-state index contributed by atoms with van der Waals surface area (Å²) in [5.41, 5.74) is 1.79. The molecule has 1 saturated heterocycles. The van der Waals surface area contributed by atoms with Gasteiger partial charge in [-0.05, 0) is 67.5 Å². The first kappa shape index (κ1) is 20.2. The molecule has 1 aliphatic carbocycles. The summed E-state index contributed by atoms with van der Waals surface area (Å²) in [4.78, 5) is 0.318. The van der Waals surface area contributed by atoms with Crippen molar-refractivity contribution in [2.24, 2.45) is 5.41 Å². The Kier molecular flexibility index (Phi) is 4.86. The smallest absolute Gasteiger partial charge is 0.247 e. The molecule has 5 rings (SSSR count). The summed E-state index contributed by atoms with van der Waals surface area (Å²) in [6, 6.07) is 14.7. The zero-order valence-corrected chi connectivity index (χ0v) is 18.4. The second-order valence-electron chi connectivity index (χ2n) is 8.47. The number of ether oxygens (including phenoxy) is 1. The quantitative estimate of drug-likeness (QED) is 0.597. The molecule has 0 bridgehead atoms. The van der Waals surface area contributed by atoms with E-state index in [1.807, 2.05) is 37.3 Å². The highest BCUT2D eigenvalue weighted by Crippen LogP contribution is 2.64. The van der Waals surface area contributed by atoms with E-state index in [4.69, 9.17) is 9.15 Å². The van der Waals surface area contributed by atoms with Gasteiger partial charge >= 0.3 is 0 Å². The maximum Gasteiger partial charge on any atom is 0.247 e. The third kappa shape index (κ3) is 3.53. The van der Waals surface area contributed by atoms with Crippen molar-refractivity contribution in [1.29, 1.82) is 0 Å². The SMILES string of the molecule is COc1ccc(S(=O)(=O)N2CCC3(CC2)C[C@H]3c2nnc(-c3ccccc3)o2)cc1C. The van der Waals surface area contributed by atoms with Crippen molar-refractivity contribution in [3.05, 3.63) is 60.0 Å². The van der Waals surface area contributed by atoms with E-state index < -0.39 is 10.0 Å². The zero-order valence-electron chi connectivity index (χ0n) is 17.6. The molecule has 1 aliphatic heterocycles. The Morgan fingerprint density at radius 3 is 2.52 bits per heavy atom. The van der Waals surface area contributed by atoms with Gasteiger partial charge in [-0.25, -0.2) is 8.42 Å². The molecule has 0 unspecified atom stereocenters. The van der Waals surface area contributed by atoms with Crippen LogP contribution in [0.5, 0.6) is 5.75 Å². The van der Waals surface area contributed by atoms with Gasteiger partial charge in [0.25, 0.3) is 0 Å². The molecule has 2 fully saturated rings. The molecule has 3 aromatic rings. The molecular weight excluding hydrogens is 414 g/mol. The summed E-state index contributed by atoms with van der Waals surface area (Å²) < 4.78 is 39.1. The van der Waals surface area contributed by atoms with Gasteiger partial charge < -0.3 is 9.15 Å². The van der Waals surface area contributed by atoms with Crippen molar-refractivity contribution in [1.82, 2.24) is 14.5 Å². The molecule has 1 aromatic heterocycles. The van der Waals surface area contributed by atoms with Gasteiger partial charge in [0.1, 0.15) is 5.75 Å². The number of hydrogen-bond donors (Lipinski definition) is 0. The van der Waals surface area contributed by atoms with Crippen LogP contribution in [-0.4, -0.2) is 43.1 Å². The molecule has 1 spiro atoms. The van der Waals surface area contributed by atoms with Crippen molar-refractivity contribution >= 4 is 10.0 Å². The van der Waals surface area contributed by atoms with Gasteiger partial charge in [0, 0.05) is 24.6 Å². The summed E-state index contributed by atoms with van der Waals surface area (Å²) in [6.07, 6.45) is 2.57. The molecule has 2 heterocycles. The monoisotopic (exact) mass is 439 g/mol. The highest BCUT2D eigenvalue weighted by Gasteiger charge is 2.58. The fraction of sp³-hybridized carbons (Fsp3) is 0.391. The number of hydrogen-bond acceptors (Lipinski definition) is 6. The van der Waals surface area contributed by atoms with Crippen LogP contribution in [0.2, 0.25) is 0 Å². The number of aryl methyl sites for hydroxylation is 1. The minimum atomic E-state index is -3.52. The lowest BCUT2D eigenvalue weighted by Crippen LogP contribution is -2.39. The normalized spacial score (nSPS) is 20.6. The van der Waals surface area contributed by atoms with Crippen molar-refractivity contribution in [2.75, 3.05) is 20.2 Å². The van der Waals surface area contributed by atoms with Gasteiger partial charge in [-0.15, -0.1) is 10.2 Å². The fourth-order valence-electron chi connectivity index (χ4n) is 4.65. The van der Waals surface area contributed by atoms with Crippen LogP contribution >= 0.6 is 0 Å². The maximum atomic E-state index is 13.1. The highest BCUT2D eigenvalue weighted by molar-refractivity contribution is 7.89. The van der Waals surface area contributed by atoms with Gasteiger partial charge in [-0.3, -0.25) is 0 Å². The number of nitrogens with zero attached hydrogens (tertiary/aromatic N) is 3. The Balaban J connectivity index is 1.27. The number of methoxy groups -OCH3 is 1. The zero-order chi connectivity index (χ0) is 21.6. The minimum Gasteiger partial charge on any atom is -0.496 e. The van der Waals surface area contributed by atoms with Crippen molar-refractivity contribution in [2.45, 2.75) is 37.0 Å². The van der Waals surface area contributed by atoms with Crippen LogP contribution < -0.4 is 4.74 Å². The van der Waals surface area contributed by atoms with Crippen LogP contribution in [0.25, 0.3) is 11.5 Å². The first-order valence-electron chi connectivity index (χ1n) is 10.5. The van der Waals surface area contributed by atoms with E-state index in [0.29, 0.717) is 35.5 Å². The second kappa shape index (κ2) is 7.46. The molecule has 7 nitrogen and oxygen atoms in total. The molecule has 0 amide bonds. The van der Waals surface area contributed by atoms with Crippen molar-refractivity contribution in [3.8, 4) is 17.2 Å². The van der Waals surface area contributed by atoms with Crippen LogP contribution in [0.3, 0.4) is 0 Å². The first-order valence-corrected chi connectivity index (χ1v) is 11.9. The largest absolute Gasteiger partial charge is 0.496 e. The van der Waals surface area contributed by atoms with E-state index in [1.165, 1.54) is 0 Å². The minimum absolute atomic E-state index is 0.0718. The molecular formula is C23H25N3O4S. The van der Waals surface area contributed by atoms with E-state index in [9.17, 15) is 8.42 Å². The summed E-state index contributed by atoms with van der Waals surface area (Å²) in [5.74, 6) is 2.10. The molecule has 2 aromatic carbocycles. The average molecular weight is 440 g/mol. The summed E-state index contributed by atoms with van der Waals surface area (Å²) in [6.45, 7) is 2.86. The van der Waals surface area contributed by atoms with Crippen LogP contribution in [0.15, 0.2) is 57.8 Å². The lowest BCUT2D eigenvalue weighted by molar-refractivity contribution is 0.246. The predicted molar refractivity (Wildman–Crippen MR) is 115 cm³/mol. The lowest BCUT2D eigenvalue weighted by Gasteiger charge is -2.32. The van der Waals surface area contributed by atoms with Gasteiger partial charge in [-0.2, -0.15) is 4.31 Å². The number of sulfonamides is 1. The highest BCUT2D eigenvalue weighted by atomic mass is 32.2. The van der Waals surface area contributed by atoms with Crippen LogP contribution in [0, 0.1) is 12.3 Å². The molecule has 1 atom stereocenters. The number of rotatable bonds is 5. The first-order chi connectivity index (χ1) is 14.9. The van der Waals surface area contributed by atoms with Crippen LogP contribution in [0.1, 0.15) is 36.6 Å². The van der Waals surface area contributed by atoms with Gasteiger partial charge in [-0.1, -0.05) is 18.2 Å². The van der Waals surface area contributed by atoms with Gasteiger partial charge in [0.15, 0.2) is 0 Å².